The van der Waals surface area contributed by atoms with Gasteiger partial charge in [-0.3, -0.25) is 0 Å². The first-order chi connectivity index (χ1) is 5.25. The maximum Gasteiger partial charge on any atom is 0.352 e. The van der Waals surface area contributed by atoms with E-state index in [4.69, 9.17) is 5.11 Å². The largest absolute Gasteiger partial charge is 0.477 e. The van der Waals surface area contributed by atoms with E-state index in [0.717, 1.165) is 13.0 Å². The van der Waals surface area contributed by atoms with Crippen molar-refractivity contribution in [1.29, 1.82) is 0 Å². The first-order valence-corrected chi connectivity index (χ1v) is 3.64. The fourth-order valence-electron chi connectivity index (χ4n) is 1.04. The van der Waals surface area contributed by atoms with Crippen LogP contribution in [-0.4, -0.2) is 15.6 Å². The number of carbonyl (C=O) groups is 1. The van der Waals surface area contributed by atoms with E-state index in [-0.39, 0.29) is 0 Å². The third-order valence-corrected chi connectivity index (χ3v) is 1.51. The lowest BCUT2D eigenvalue weighted by Crippen LogP contribution is -2.06. The molecule has 1 N–H and O–H groups in total. The maximum atomic E-state index is 10.5. The number of carboxylic acids is 1. The maximum absolute atomic E-state index is 10.5. The summed E-state index contributed by atoms with van der Waals surface area (Å²) in [4.78, 5) is 10.5. The van der Waals surface area contributed by atoms with Crippen LogP contribution in [0.5, 0.6) is 0 Å². The molecular weight excluding hydrogens is 142 g/mol. The number of aromatic carboxylic acids is 1. The molecule has 3 heteroatoms. The highest BCUT2D eigenvalue weighted by Gasteiger charge is 2.06. The Kier molecular flexibility index (Phi) is 2.31. The summed E-state index contributed by atoms with van der Waals surface area (Å²) in [5, 5.41) is 8.66. The molecule has 0 aromatic carbocycles. The fourth-order valence-corrected chi connectivity index (χ4v) is 1.04. The van der Waals surface area contributed by atoms with Crippen LogP contribution in [0.25, 0.3) is 0 Å². The number of hydrogen-bond acceptors (Lipinski definition) is 1. The lowest BCUT2D eigenvalue weighted by atomic mass is 10.4. The lowest BCUT2D eigenvalue weighted by molar-refractivity contribution is 0.0685. The molecule has 1 heterocycles. The second kappa shape index (κ2) is 3.23. The Bertz CT molecular complexity index is 252. The molecule has 0 bridgehead atoms. The Morgan fingerprint density at radius 2 is 2.45 bits per heavy atom. The minimum atomic E-state index is -0.858. The second-order valence-electron chi connectivity index (χ2n) is 2.39. The van der Waals surface area contributed by atoms with Crippen LogP contribution >= 0.6 is 0 Å². The predicted octanol–water partition coefficient (Wildman–Crippen LogP) is 1.60. The van der Waals surface area contributed by atoms with Crippen molar-refractivity contribution in [3.8, 4) is 0 Å². The molecule has 11 heavy (non-hydrogen) atoms. The molecule has 0 saturated carbocycles. The van der Waals surface area contributed by atoms with Gasteiger partial charge in [0, 0.05) is 12.7 Å². The zero-order valence-corrected chi connectivity index (χ0v) is 6.45. The van der Waals surface area contributed by atoms with Gasteiger partial charge in [-0.1, -0.05) is 6.92 Å². The summed E-state index contributed by atoms with van der Waals surface area (Å²) in [7, 11) is 0. The molecule has 1 aromatic heterocycles. The van der Waals surface area contributed by atoms with Crippen molar-refractivity contribution in [3.05, 3.63) is 24.0 Å². The summed E-state index contributed by atoms with van der Waals surface area (Å²) in [6, 6.07) is 3.36. The van der Waals surface area contributed by atoms with Crippen LogP contribution < -0.4 is 0 Å². The minimum Gasteiger partial charge on any atom is -0.477 e. The van der Waals surface area contributed by atoms with Gasteiger partial charge in [0.25, 0.3) is 0 Å². The molecule has 1 rings (SSSR count). The van der Waals surface area contributed by atoms with E-state index in [9.17, 15) is 4.79 Å². The molecule has 0 unspecified atom stereocenters. The van der Waals surface area contributed by atoms with Crippen LogP contribution in [0.3, 0.4) is 0 Å². The van der Waals surface area contributed by atoms with Gasteiger partial charge in [0.1, 0.15) is 5.69 Å². The van der Waals surface area contributed by atoms with Crippen LogP contribution in [-0.2, 0) is 6.54 Å². The van der Waals surface area contributed by atoms with E-state index in [1.165, 1.54) is 0 Å². The van der Waals surface area contributed by atoms with Crippen LogP contribution in [0.4, 0.5) is 0 Å². The van der Waals surface area contributed by atoms with E-state index >= 15 is 0 Å². The smallest absolute Gasteiger partial charge is 0.352 e. The summed E-state index contributed by atoms with van der Waals surface area (Å²) >= 11 is 0. The van der Waals surface area contributed by atoms with Crippen molar-refractivity contribution < 1.29 is 9.90 Å². The number of nitrogens with zero attached hydrogens (tertiary/aromatic N) is 1. The van der Waals surface area contributed by atoms with Crippen molar-refractivity contribution in [2.45, 2.75) is 19.9 Å². The Morgan fingerprint density at radius 3 is 3.00 bits per heavy atom. The van der Waals surface area contributed by atoms with E-state index in [2.05, 4.69) is 0 Å². The molecule has 0 radical (unpaired) electrons. The van der Waals surface area contributed by atoms with Gasteiger partial charge >= 0.3 is 5.97 Å². The van der Waals surface area contributed by atoms with Gasteiger partial charge in [0.15, 0.2) is 0 Å². The first kappa shape index (κ1) is 7.85. The minimum absolute atomic E-state index is 0.367. The molecule has 0 aliphatic heterocycles. The standard InChI is InChI=1S/C8H11NO2/c1-2-5-9-6-3-4-7(9)8(10)11/h3-4,6H,2,5H2,1H3,(H,10,11). The molecule has 0 amide bonds. The van der Waals surface area contributed by atoms with Gasteiger partial charge in [0.2, 0.25) is 0 Å². The fraction of sp³-hybridized carbons (Fsp3) is 0.375. The third kappa shape index (κ3) is 1.61. The number of aromatic nitrogens is 1. The van der Waals surface area contributed by atoms with Crippen LogP contribution in [0.15, 0.2) is 18.3 Å². The molecule has 3 nitrogen and oxygen atoms in total. The highest BCUT2D eigenvalue weighted by atomic mass is 16.4. The van der Waals surface area contributed by atoms with Crippen molar-refractivity contribution in [2.24, 2.45) is 0 Å². The van der Waals surface area contributed by atoms with Gasteiger partial charge in [0.05, 0.1) is 0 Å². The monoisotopic (exact) mass is 153 g/mol. The average Bonchev–Trinajstić information content (AvgIpc) is 2.36. The summed E-state index contributed by atoms with van der Waals surface area (Å²) in [6.45, 7) is 2.79. The van der Waals surface area contributed by atoms with Crippen molar-refractivity contribution >= 4 is 5.97 Å². The molecule has 60 valence electrons. The van der Waals surface area contributed by atoms with E-state index < -0.39 is 5.97 Å². The summed E-state index contributed by atoms with van der Waals surface area (Å²) in [6.07, 6.45) is 2.74. The zero-order chi connectivity index (χ0) is 8.27. The average molecular weight is 153 g/mol. The molecule has 0 atom stereocenters. The van der Waals surface area contributed by atoms with E-state index in [1.807, 2.05) is 6.92 Å². The van der Waals surface area contributed by atoms with Gasteiger partial charge in [-0.15, -0.1) is 0 Å². The Labute approximate surface area is 65.3 Å². The van der Waals surface area contributed by atoms with Gasteiger partial charge in [-0.2, -0.15) is 0 Å². The van der Waals surface area contributed by atoms with Crippen LogP contribution in [0, 0.1) is 0 Å². The molecule has 0 fully saturated rings. The zero-order valence-electron chi connectivity index (χ0n) is 6.45. The van der Waals surface area contributed by atoms with Crippen molar-refractivity contribution in [1.82, 2.24) is 4.57 Å². The van der Waals surface area contributed by atoms with Gasteiger partial charge in [-0.05, 0) is 18.6 Å². The van der Waals surface area contributed by atoms with Crippen LogP contribution in [0.1, 0.15) is 23.8 Å². The molecule has 0 spiro atoms. The topological polar surface area (TPSA) is 42.2 Å². The first-order valence-electron chi connectivity index (χ1n) is 3.64. The predicted molar refractivity (Wildman–Crippen MR) is 41.7 cm³/mol. The molecular formula is C8H11NO2. The molecule has 0 saturated heterocycles. The van der Waals surface area contributed by atoms with Gasteiger partial charge in [-0.25, -0.2) is 4.79 Å². The highest BCUT2D eigenvalue weighted by molar-refractivity contribution is 5.85. The summed E-state index contributed by atoms with van der Waals surface area (Å²) in [5.74, 6) is -0.858. The molecule has 0 aliphatic rings. The lowest BCUT2D eigenvalue weighted by Gasteiger charge is -2.01. The normalized spacial score (nSPS) is 9.91. The molecule has 1 aromatic rings. The highest BCUT2D eigenvalue weighted by Crippen LogP contribution is 2.02. The summed E-state index contributed by atoms with van der Waals surface area (Å²) < 4.78 is 1.74. The number of aryl methyl sites for hydroxylation is 1. The quantitative estimate of drug-likeness (QED) is 0.716. The SMILES string of the molecule is CCCn1cccc1C(=O)O. The second-order valence-corrected chi connectivity index (χ2v) is 2.39. The third-order valence-electron chi connectivity index (χ3n) is 1.51. The molecule has 0 aliphatic carbocycles. The van der Waals surface area contributed by atoms with Crippen molar-refractivity contribution in [3.63, 3.8) is 0 Å². The van der Waals surface area contributed by atoms with Crippen molar-refractivity contribution in [2.75, 3.05) is 0 Å². The Hall–Kier alpha value is -1.25. The van der Waals surface area contributed by atoms with E-state index in [1.54, 1.807) is 22.9 Å². The Morgan fingerprint density at radius 1 is 1.73 bits per heavy atom. The summed E-state index contributed by atoms with van der Waals surface area (Å²) in [5.41, 5.74) is 0.367. The van der Waals surface area contributed by atoms with E-state index in [0.29, 0.717) is 5.69 Å². The Balaban J connectivity index is 2.87. The number of carboxylic acid groups (broad SMARTS) is 1. The number of rotatable bonds is 3. The van der Waals surface area contributed by atoms with Gasteiger partial charge < -0.3 is 9.67 Å². The number of hydrogen-bond donors (Lipinski definition) is 1. The van der Waals surface area contributed by atoms with Crippen LogP contribution in [0.2, 0.25) is 0 Å².